The summed E-state index contributed by atoms with van der Waals surface area (Å²) in [5.74, 6) is 0. The third-order valence-electron chi connectivity index (χ3n) is 3.34. The van der Waals surface area contributed by atoms with Gasteiger partial charge in [0.25, 0.3) is 0 Å². The van der Waals surface area contributed by atoms with Gasteiger partial charge in [-0.1, -0.05) is 6.07 Å². The average Bonchev–Trinajstić information content (AvgIpc) is 2.92. The topological polar surface area (TPSA) is 50.9 Å². The van der Waals surface area contributed by atoms with Crippen LogP contribution in [0.1, 0.15) is 35.0 Å². The number of nitrogens with zero attached hydrogens (tertiary/aromatic N) is 3. The lowest BCUT2D eigenvalue weighted by molar-refractivity contribution is -0.141. The highest BCUT2D eigenvalue weighted by Gasteiger charge is 2.32. The first-order valence-corrected chi connectivity index (χ1v) is 6.20. The van der Waals surface area contributed by atoms with E-state index in [0.717, 1.165) is 23.7 Å². The summed E-state index contributed by atoms with van der Waals surface area (Å²) in [7, 11) is 0. The summed E-state index contributed by atoms with van der Waals surface area (Å²) in [6, 6.07) is 2.35. The number of alkyl halides is 3. The molecule has 4 nitrogen and oxygen atoms in total. The Balaban J connectivity index is 1.77. The molecule has 0 fully saturated rings. The summed E-state index contributed by atoms with van der Waals surface area (Å²) in [5, 5.41) is 14.0. The second-order valence-electron chi connectivity index (χ2n) is 4.83. The second kappa shape index (κ2) is 4.59. The first kappa shape index (κ1) is 13.1. The number of rotatable bonds is 2. The summed E-state index contributed by atoms with van der Waals surface area (Å²) in [6.07, 6.45) is -0.550. The van der Waals surface area contributed by atoms with Crippen molar-refractivity contribution in [3.05, 3.63) is 47.0 Å². The number of aromatic nitrogens is 3. The second-order valence-corrected chi connectivity index (χ2v) is 4.83. The highest BCUT2D eigenvalue weighted by molar-refractivity contribution is 5.26. The number of halogens is 3. The van der Waals surface area contributed by atoms with Gasteiger partial charge in [0.2, 0.25) is 0 Å². The van der Waals surface area contributed by atoms with E-state index < -0.39 is 18.0 Å². The van der Waals surface area contributed by atoms with E-state index in [2.05, 4.69) is 10.1 Å². The normalized spacial score (nSPS) is 18.3. The van der Waals surface area contributed by atoms with Crippen molar-refractivity contribution < 1.29 is 18.3 Å². The van der Waals surface area contributed by atoms with Gasteiger partial charge < -0.3 is 5.11 Å². The minimum absolute atomic E-state index is 0.338. The Labute approximate surface area is 112 Å². The lowest BCUT2D eigenvalue weighted by Gasteiger charge is -2.07. The minimum atomic E-state index is -4.42. The van der Waals surface area contributed by atoms with Crippen molar-refractivity contribution in [1.29, 1.82) is 0 Å². The molecule has 3 rings (SSSR count). The third-order valence-corrected chi connectivity index (χ3v) is 3.34. The number of hydrogen-bond acceptors (Lipinski definition) is 3. The summed E-state index contributed by atoms with van der Waals surface area (Å²) in [5.41, 5.74) is 1.40. The van der Waals surface area contributed by atoms with E-state index in [0.29, 0.717) is 18.5 Å². The van der Waals surface area contributed by atoms with E-state index in [1.807, 2.05) is 0 Å². The Morgan fingerprint density at radius 1 is 1.35 bits per heavy atom. The smallest absolute Gasteiger partial charge is 0.388 e. The largest absolute Gasteiger partial charge is 0.433 e. The summed E-state index contributed by atoms with van der Waals surface area (Å²) < 4.78 is 38.8. The zero-order valence-electron chi connectivity index (χ0n) is 10.4. The van der Waals surface area contributed by atoms with Gasteiger partial charge in [-0.25, -0.2) is 0 Å². The molecule has 2 heterocycles. The molecule has 1 aliphatic carbocycles. The van der Waals surface area contributed by atoms with Crippen molar-refractivity contribution >= 4 is 0 Å². The SMILES string of the molecule is OC1CCc2nn(Cc3ccc(C(F)(F)F)nc3)cc21. The zero-order chi connectivity index (χ0) is 14.3. The minimum Gasteiger partial charge on any atom is -0.388 e. The van der Waals surface area contributed by atoms with Crippen LogP contribution in [0.25, 0.3) is 0 Å². The molecule has 1 aliphatic rings. The lowest BCUT2D eigenvalue weighted by atomic mass is 10.2. The first-order valence-electron chi connectivity index (χ1n) is 6.20. The van der Waals surface area contributed by atoms with E-state index in [-0.39, 0.29) is 0 Å². The van der Waals surface area contributed by atoms with Crippen LogP contribution >= 0.6 is 0 Å². The molecule has 0 saturated heterocycles. The number of aliphatic hydroxyl groups is 1. The van der Waals surface area contributed by atoms with Gasteiger partial charge >= 0.3 is 6.18 Å². The molecule has 20 heavy (non-hydrogen) atoms. The fourth-order valence-corrected chi connectivity index (χ4v) is 2.33. The molecule has 0 amide bonds. The Kier molecular flexibility index (Phi) is 3.01. The van der Waals surface area contributed by atoms with Crippen LogP contribution in [0.2, 0.25) is 0 Å². The molecule has 2 aromatic rings. The number of fused-ring (bicyclic) bond motifs is 1. The molecule has 0 saturated carbocycles. The maximum Gasteiger partial charge on any atom is 0.433 e. The standard InChI is InChI=1S/C13H12F3N3O/c14-13(15,16)12-4-1-8(5-17-12)6-19-7-9-10(18-19)2-3-11(9)20/h1,4-5,7,11,20H,2-3,6H2. The third kappa shape index (κ3) is 2.40. The van der Waals surface area contributed by atoms with E-state index in [4.69, 9.17) is 0 Å². The fourth-order valence-electron chi connectivity index (χ4n) is 2.33. The molecule has 7 heteroatoms. The van der Waals surface area contributed by atoms with Gasteiger partial charge in [-0.3, -0.25) is 9.67 Å². The molecule has 1 unspecified atom stereocenters. The zero-order valence-corrected chi connectivity index (χ0v) is 10.4. The van der Waals surface area contributed by atoms with Gasteiger partial charge in [0, 0.05) is 18.0 Å². The van der Waals surface area contributed by atoms with Gasteiger partial charge in [-0.2, -0.15) is 18.3 Å². The Morgan fingerprint density at radius 2 is 2.15 bits per heavy atom. The van der Waals surface area contributed by atoms with Crippen molar-refractivity contribution in [2.24, 2.45) is 0 Å². The van der Waals surface area contributed by atoms with Crippen LogP contribution in [0.4, 0.5) is 13.2 Å². The van der Waals surface area contributed by atoms with Crippen molar-refractivity contribution in [1.82, 2.24) is 14.8 Å². The van der Waals surface area contributed by atoms with Gasteiger partial charge in [0.05, 0.1) is 18.3 Å². The predicted octanol–water partition coefficient (Wildman–Crippen LogP) is 2.32. The Morgan fingerprint density at radius 3 is 2.75 bits per heavy atom. The van der Waals surface area contributed by atoms with E-state index >= 15 is 0 Å². The molecule has 0 spiro atoms. The van der Waals surface area contributed by atoms with Gasteiger partial charge in [-0.05, 0) is 24.5 Å². The molecule has 1 atom stereocenters. The highest BCUT2D eigenvalue weighted by atomic mass is 19.4. The molecule has 2 aromatic heterocycles. The van der Waals surface area contributed by atoms with Crippen LogP contribution in [0.15, 0.2) is 24.5 Å². The van der Waals surface area contributed by atoms with Gasteiger partial charge in [-0.15, -0.1) is 0 Å². The van der Waals surface area contributed by atoms with Crippen molar-refractivity contribution in [2.45, 2.75) is 31.7 Å². The molecule has 0 aliphatic heterocycles. The molecular formula is C13H12F3N3O. The quantitative estimate of drug-likeness (QED) is 0.920. The molecular weight excluding hydrogens is 271 g/mol. The molecule has 106 valence electrons. The monoisotopic (exact) mass is 283 g/mol. The number of aryl methyl sites for hydroxylation is 1. The Hall–Kier alpha value is -1.89. The van der Waals surface area contributed by atoms with Crippen LogP contribution in [-0.2, 0) is 19.1 Å². The van der Waals surface area contributed by atoms with Crippen LogP contribution < -0.4 is 0 Å². The number of hydrogen-bond donors (Lipinski definition) is 1. The van der Waals surface area contributed by atoms with Crippen LogP contribution in [-0.4, -0.2) is 19.9 Å². The predicted molar refractivity (Wildman–Crippen MR) is 63.8 cm³/mol. The summed E-state index contributed by atoms with van der Waals surface area (Å²) in [6.45, 7) is 0.338. The highest BCUT2D eigenvalue weighted by Crippen LogP contribution is 2.30. The lowest BCUT2D eigenvalue weighted by Crippen LogP contribution is -2.09. The van der Waals surface area contributed by atoms with Crippen molar-refractivity contribution in [3.63, 3.8) is 0 Å². The van der Waals surface area contributed by atoms with Gasteiger partial charge in [0.15, 0.2) is 0 Å². The molecule has 0 aromatic carbocycles. The molecule has 0 radical (unpaired) electrons. The molecule has 0 bridgehead atoms. The first-order chi connectivity index (χ1) is 9.43. The van der Waals surface area contributed by atoms with Crippen LogP contribution in [0.5, 0.6) is 0 Å². The maximum absolute atomic E-state index is 12.4. The summed E-state index contributed by atoms with van der Waals surface area (Å²) >= 11 is 0. The van der Waals surface area contributed by atoms with Crippen LogP contribution in [0, 0.1) is 0 Å². The van der Waals surface area contributed by atoms with Gasteiger partial charge in [0.1, 0.15) is 5.69 Å². The summed E-state index contributed by atoms with van der Waals surface area (Å²) in [4.78, 5) is 3.41. The Bertz CT molecular complexity index is 619. The number of pyridine rings is 1. The molecule has 1 N–H and O–H groups in total. The van der Waals surface area contributed by atoms with Crippen molar-refractivity contribution in [3.8, 4) is 0 Å². The van der Waals surface area contributed by atoms with Crippen LogP contribution in [0.3, 0.4) is 0 Å². The van der Waals surface area contributed by atoms with E-state index in [1.54, 1.807) is 10.9 Å². The number of aliphatic hydroxyl groups excluding tert-OH is 1. The van der Waals surface area contributed by atoms with Crippen molar-refractivity contribution in [2.75, 3.05) is 0 Å². The average molecular weight is 283 g/mol. The maximum atomic E-state index is 12.4. The van der Waals surface area contributed by atoms with E-state index in [9.17, 15) is 18.3 Å². The van der Waals surface area contributed by atoms with E-state index in [1.165, 1.54) is 12.3 Å². The fraction of sp³-hybridized carbons (Fsp3) is 0.385.